The fourth-order valence-electron chi connectivity index (χ4n) is 2.97. The van der Waals surface area contributed by atoms with Crippen molar-refractivity contribution in [3.8, 4) is 0 Å². The van der Waals surface area contributed by atoms with E-state index in [0.29, 0.717) is 6.54 Å². The molecule has 0 aliphatic heterocycles. The lowest BCUT2D eigenvalue weighted by Gasteiger charge is -2.23. The zero-order chi connectivity index (χ0) is 16.9. The summed E-state index contributed by atoms with van der Waals surface area (Å²) in [6.45, 7) is 5.86. The SMILES string of the molecule is CC(C)(C)OC(=O)NCc1cccc(C2(N=C=O)CCCC2)c1. The third kappa shape index (κ3) is 4.67. The van der Waals surface area contributed by atoms with Crippen LogP contribution < -0.4 is 5.32 Å². The molecule has 1 aliphatic rings. The van der Waals surface area contributed by atoms with Crippen molar-refractivity contribution in [3.05, 3.63) is 35.4 Å². The Labute approximate surface area is 137 Å². The van der Waals surface area contributed by atoms with Crippen molar-refractivity contribution >= 4 is 12.2 Å². The molecule has 2 rings (SSSR count). The van der Waals surface area contributed by atoms with Gasteiger partial charge in [-0.2, -0.15) is 4.99 Å². The third-order valence-electron chi connectivity index (χ3n) is 3.99. The fraction of sp³-hybridized carbons (Fsp3) is 0.556. The highest BCUT2D eigenvalue weighted by Gasteiger charge is 2.35. The second kappa shape index (κ2) is 6.97. The maximum absolute atomic E-state index is 11.7. The Morgan fingerprint density at radius 1 is 1.35 bits per heavy atom. The quantitative estimate of drug-likeness (QED) is 0.678. The minimum atomic E-state index is -0.515. The van der Waals surface area contributed by atoms with Gasteiger partial charge in [0.2, 0.25) is 6.08 Å². The maximum Gasteiger partial charge on any atom is 0.407 e. The number of hydrogen-bond donors (Lipinski definition) is 1. The molecule has 124 valence electrons. The molecule has 0 radical (unpaired) electrons. The summed E-state index contributed by atoms with van der Waals surface area (Å²) in [5.41, 5.74) is 1.02. The summed E-state index contributed by atoms with van der Waals surface area (Å²) in [5.74, 6) is 0. The molecule has 23 heavy (non-hydrogen) atoms. The van der Waals surface area contributed by atoms with E-state index in [4.69, 9.17) is 4.74 Å². The first-order valence-electron chi connectivity index (χ1n) is 8.00. The standard InChI is InChI=1S/C18H24N2O3/c1-17(2,3)23-16(22)19-12-14-7-6-8-15(11-14)18(20-13-21)9-4-5-10-18/h6-8,11H,4-5,9-10,12H2,1-3H3,(H,19,22). The molecule has 0 aromatic heterocycles. The monoisotopic (exact) mass is 316 g/mol. The van der Waals surface area contributed by atoms with Gasteiger partial charge in [0.1, 0.15) is 5.60 Å². The van der Waals surface area contributed by atoms with Gasteiger partial charge < -0.3 is 10.1 Å². The number of nitrogens with zero attached hydrogens (tertiary/aromatic N) is 1. The van der Waals surface area contributed by atoms with Crippen LogP contribution in [0.15, 0.2) is 29.3 Å². The Bertz CT molecular complexity index is 607. The van der Waals surface area contributed by atoms with Gasteiger partial charge in [-0.3, -0.25) is 0 Å². The molecule has 0 atom stereocenters. The minimum absolute atomic E-state index is 0.379. The zero-order valence-corrected chi connectivity index (χ0v) is 14.0. The summed E-state index contributed by atoms with van der Waals surface area (Å²) in [6, 6.07) is 7.86. The molecule has 0 bridgehead atoms. The minimum Gasteiger partial charge on any atom is -0.444 e. The first kappa shape index (κ1) is 17.2. The molecule has 1 aromatic rings. The molecule has 0 heterocycles. The molecule has 0 spiro atoms. The van der Waals surface area contributed by atoms with Crippen molar-refractivity contribution in [2.75, 3.05) is 0 Å². The van der Waals surface area contributed by atoms with E-state index in [1.54, 1.807) is 6.08 Å². The first-order chi connectivity index (χ1) is 10.8. The molecule has 1 fully saturated rings. The Morgan fingerprint density at radius 2 is 2.04 bits per heavy atom. The normalized spacial score (nSPS) is 16.5. The number of aliphatic imine (C=N–C) groups is 1. The second-order valence-corrected chi connectivity index (χ2v) is 7.00. The lowest BCUT2D eigenvalue weighted by molar-refractivity contribution is 0.0523. The summed E-state index contributed by atoms with van der Waals surface area (Å²) in [5, 5.41) is 2.75. The second-order valence-electron chi connectivity index (χ2n) is 7.00. The van der Waals surface area contributed by atoms with Crippen LogP contribution in [0.25, 0.3) is 0 Å². The molecule has 0 unspecified atom stereocenters. The number of alkyl carbamates (subject to hydrolysis) is 1. The molecule has 1 aliphatic carbocycles. The Hall–Kier alpha value is -2.13. The van der Waals surface area contributed by atoms with E-state index in [0.717, 1.165) is 36.8 Å². The Balaban J connectivity index is 2.08. The summed E-state index contributed by atoms with van der Waals surface area (Å²) in [7, 11) is 0. The van der Waals surface area contributed by atoms with Crippen molar-refractivity contribution in [3.63, 3.8) is 0 Å². The van der Waals surface area contributed by atoms with E-state index in [-0.39, 0.29) is 0 Å². The van der Waals surface area contributed by atoms with Gasteiger partial charge in [0.15, 0.2) is 0 Å². The first-order valence-corrected chi connectivity index (χ1v) is 8.00. The third-order valence-corrected chi connectivity index (χ3v) is 3.99. The van der Waals surface area contributed by atoms with Crippen molar-refractivity contribution < 1.29 is 14.3 Å². The Kier molecular flexibility index (Phi) is 5.22. The van der Waals surface area contributed by atoms with E-state index < -0.39 is 17.2 Å². The van der Waals surface area contributed by atoms with Gasteiger partial charge in [0, 0.05) is 6.54 Å². The van der Waals surface area contributed by atoms with Crippen LogP contribution in [-0.4, -0.2) is 17.8 Å². The largest absolute Gasteiger partial charge is 0.444 e. The number of rotatable bonds is 4. The van der Waals surface area contributed by atoms with Crippen LogP contribution >= 0.6 is 0 Å². The predicted octanol–water partition coefficient (Wildman–Crippen LogP) is 3.82. The van der Waals surface area contributed by atoms with Gasteiger partial charge in [-0.1, -0.05) is 37.1 Å². The average Bonchev–Trinajstić information content (AvgIpc) is 2.94. The van der Waals surface area contributed by atoms with Gasteiger partial charge in [0.25, 0.3) is 0 Å². The topological polar surface area (TPSA) is 67.8 Å². The van der Waals surface area contributed by atoms with E-state index in [1.807, 2.05) is 45.0 Å². The zero-order valence-electron chi connectivity index (χ0n) is 14.0. The van der Waals surface area contributed by atoms with E-state index in [9.17, 15) is 9.59 Å². The molecule has 1 saturated carbocycles. The highest BCUT2D eigenvalue weighted by atomic mass is 16.6. The highest BCUT2D eigenvalue weighted by Crippen LogP contribution is 2.42. The van der Waals surface area contributed by atoms with Crippen LogP contribution in [0.1, 0.15) is 57.6 Å². The number of ether oxygens (including phenoxy) is 1. The van der Waals surface area contributed by atoms with Crippen LogP contribution in [0.5, 0.6) is 0 Å². The van der Waals surface area contributed by atoms with Gasteiger partial charge in [0.05, 0.1) is 5.54 Å². The van der Waals surface area contributed by atoms with Gasteiger partial charge in [-0.05, 0) is 44.7 Å². The fourth-order valence-corrected chi connectivity index (χ4v) is 2.97. The van der Waals surface area contributed by atoms with Crippen LogP contribution in [0.3, 0.4) is 0 Å². The molecule has 5 nitrogen and oxygen atoms in total. The van der Waals surface area contributed by atoms with Crippen molar-refractivity contribution in [2.45, 2.75) is 64.1 Å². The number of carbonyl (C=O) groups is 1. The van der Waals surface area contributed by atoms with Crippen molar-refractivity contribution in [1.29, 1.82) is 0 Å². The van der Waals surface area contributed by atoms with Crippen LogP contribution in [0, 0.1) is 0 Å². The molecule has 5 heteroatoms. The van der Waals surface area contributed by atoms with Crippen molar-refractivity contribution in [2.24, 2.45) is 4.99 Å². The molecule has 1 N–H and O–H groups in total. The summed E-state index contributed by atoms with van der Waals surface area (Å²) < 4.78 is 5.23. The van der Waals surface area contributed by atoms with Gasteiger partial charge >= 0.3 is 6.09 Å². The van der Waals surface area contributed by atoms with Gasteiger partial charge in [-0.25, -0.2) is 9.59 Å². The number of carbonyl (C=O) groups excluding carboxylic acids is 2. The van der Waals surface area contributed by atoms with E-state index in [1.165, 1.54) is 0 Å². The summed E-state index contributed by atoms with van der Waals surface area (Å²) in [6.07, 6.45) is 5.14. The summed E-state index contributed by atoms with van der Waals surface area (Å²) in [4.78, 5) is 26.6. The van der Waals surface area contributed by atoms with Crippen LogP contribution in [-0.2, 0) is 21.6 Å². The number of hydrogen-bond acceptors (Lipinski definition) is 4. The van der Waals surface area contributed by atoms with Crippen LogP contribution in [0.4, 0.5) is 4.79 Å². The average molecular weight is 316 g/mol. The highest BCUT2D eigenvalue weighted by molar-refractivity contribution is 5.67. The Morgan fingerprint density at radius 3 is 2.65 bits per heavy atom. The number of amides is 1. The summed E-state index contributed by atoms with van der Waals surface area (Å²) >= 11 is 0. The molecule has 1 amide bonds. The lowest BCUT2D eigenvalue weighted by atomic mass is 9.88. The number of isocyanates is 1. The maximum atomic E-state index is 11.7. The van der Waals surface area contributed by atoms with E-state index >= 15 is 0 Å². The molecule has 1 aromatic carbocycles. The van der Waals surface area contributed by atoms with Crippen molar-refractivity contribution in [1.82, 2.24) is 5.32 Å². The smallest absolute Gasteiger partial charge is 0.407 e. The molecular weight excluding hydrogens is 292 g/mol. The number of nitrogens with one attached hydrogen (secondary N) is 1. The molecule has 0 saturated heterocycles. The van der Waals surface area contributed by atoms with E-state index in [2.05, 4.69) is 10.3 Å². The predicted molar refractivity (Wildman–Crippen MR) is 87.8 cm³/mol. The number of benzene rings is 1. The van der Waals surface area contributed by atoms with Crippen LogP contribution in [0.2, 0.25) is 0 Å². The van der Waals surface area contributed by atoms with Gasteiger partial charge in [-0.15, -0.1) is 0 Å². The lowest BCUT2D eigenvalue weighted by Crippen LogP contribution is -2.32. The molecular formula is C18H24N2O3.